The zero-order chi connectivity index (χ0) is 11.3. The Kier molecular flexibility index (Phi) is 25.2. The van der Waals surface area contributed by atoms with Crippen LogP contribution in [-0.2, 0) is 11.9 Å². The number of rotatable bonds is 2. The van der Waals surface area contributed by atoms with E-state index in [4.69, 9.17) is 49.1 Å². The first kappa shape index (κ1) is 20.2. The fourth-order valence-electron chi connectivity index (χ4n) is 0. The van der Waals surface area contributed by atoms with Crippen LogP contribution in [0.1, 0.15) is 26.7 Å². The first-order chi connectivity index (χ1) is 5.83. The van der Waals surface area contributed by atoms with E-state index in [1.165, 1.54) is 0 Å². The van der Waals surface area contributed by atoms with Gasteiger partial charge in [-0.3, -0.25) is 0 Å². The Bertz CT molecular complexity index is 65.5. The Morgan fingerprint density at radius 3 is 0.923 bits per heavy atom. The van der Waals surface area contributed by atoms with Crippen LogP contribution in [0.2, 0.25) is 0 Å². The molecule has 0 atom stereocenters. The summed E-state index contributed by atoms with van der Waals surface area (Å²) in [7, 11) is 20.0. The van der Waals surface area contributed by atoms with Crippen LogP contribution in [0.15, 0.2) is 0 Å². The van der Waals surface area contributed by atoms with Gasteiger partial charge in [-0.15, -0.1) is 0 Å². The number of halogens is 4. The van der Waals surface area contributed by atoms with E-state index >= 15 is 0 Å². The molecule has 0 aliphatic carbocycles. The molecule has 0 aromatic carbocycles. The molecule has 0 fully saturated rings. The average molecular weight is 453 g/mol. The minimum absolute atomic E-state index is 0.569. The van der Waals surface area contributed by atoms with Crippen molar-refractivity contribution in [3.8, 4) is 0 Å². The van der Waals surface area contributed by atoms with E-state index < -0.39 is 11.9 Å². The fraction of sp³-hybridized carbons (Fsp3) is 1.00. The molecule has 0 rings (SSSR count). The molecule has 0 saturated heterocycles. The van der Waals surface area contributed by atoms with Crippen molar-refractivity contribution in [2.45, 2.75) is 26.7 Å². The Morgan fingerprint density at radius 1 is 0.846 bits per heavy atom. The van der Waals surface area contributed by atoms with Crippen LogP contribution in [0.25, 0.3) is 11.5 Å². The standard InChI is InChI=1S/2C3H8N.4ClH.Pt/c2*1-2-3-4;;;;;/h2*4H,2-3H2,1H3;4*1H;/q2*-1;;;;;+6/p-4. The quantitative estimate of drug-likeness (QED) is 0.519. The Morgan fingerprint density at radius 2 is 0.923 bits per heavy atom. The van der Waals surface area contributed by atoms with Crippen LogP contribution in [0.3, 0.4) is 0 Å². The summed E-state index contributed by atoms with van der Waals surface area (Å²) in [6.07, 6.45) is 1.97. The molecule has 0 spiro atoms. The van der Waals surface area contributed by atoms with E-state index in [0.29, 0.717) is 13.1 Å². The summed E-state index contributed by atoms with van der Waals surface area (Å²) in [6, 6.07) is 0. The van der Waals surface area contributed by atoms with Gasteiger partial charge in [0.15, 0.2) is 0 Å². The van der Waals surface area contributed by atoms with Crippen molar-refractivity contribution >= 4 is 37.7 Å². The van der Waals surface area contributed by atoms with Crippen molar-refractivity contribution < 1.29 is 11.9 Å². The third-order valence-corrected chi connectivity index (χ3v) is 0.500. The van der Waals surface area contributed by atoms with Gasteiger partial charge in [-0.1, -0.05) is 26.7 Å². The van der Waals surface area contributed by atoms with Crippen LogP contribution in [0.4, 0.5) is 0 Å². The maximum absolute atomic E-state index is 6.45. The summed E-state index contributed by atoms with van der Waals surface area (Å²) in [4.78, 5) is 0. The van der Waals surface area contributed by atoms with Crippen LogP contribution in [0.5, 0.6) is 0 Å². The summed E-state index contributed by atoms with van der Waals surface area (Å²) < 4.78 is 0. The molecule has 0 aliphatic heterocycles. The SMILES string of the molecule is CCC[NH-].CCC[NH-].[Cl][Pt+2]([Cl])([Cl])[Cl]. The zero-order valence-electron chi connectivity index (χ0n) is 7.66. The molecule has 0 saturated carbocycles. The first-order valence-corrected chi connectivity index (χ1v) is 14.9. The van der Waals surface area contributed by atoms with Crippen LogP contribution in [-0.4, -0.2) is 13.1 Å². The second-order valence-corrected chi connectivity index (χ2v) is 21.5. The maximum atomic E-state index is 6.45. The third-order valence-electron chi connectivity index (χ3n) is 0.500. The Balaban J connectivity index is -0.000000117. The Hall–Kier alpha value is 1.77. The number of hydrogen-bond acceptors (Lipinski definition) is 0. The molecule has 0 unspecified atom stereocenters. The third kappa shape index (κ3) is 134. The second-order valence-electron chi connectivity index (χ2n) is 1.77. The molecule has 0 bridgehead atoms. The van der Waals surface area contributed by atoms with E-state index in [1.807, 2.05) is 13.8 Å². The van der Waals surface area contributed by atoms with Gasteiger partial charge in [0, 0.05) is 0 Å². The van der Waals surface area contributed by atoms with Gasteiger partial charge in [-0.2, -0.15) is 13.1 Å². The normalized spacial score (nSPS) is 10.5. The van der Waals surface area contributed by atoms with Gasteiger partial charge in [0.25, 0.3) is 0 Å². The molecular weight excluding hydrogens is 437 g/mol. The van der Waals surface area contributed by atoms with Crippen molar-refractivity contribution in [2.24, 2.45) is 0 Å². The van der Waals surface area contributed by atoms with Gasteiger partial charge in [0.2, 0.25) is 0 Å². The summed E-state index contributed by atoms with van der Waals surface area (Å²) in [5, 5.41) is 0. The summed E-state index contributed by atoms with van der Waals surface area (Å²) in [5.74, 6) is 0. The topological polar surface area (TPSA) is 47.6 Å². The predicted molar refractivity (Wildman–Crippen MR) is 62.4 cm³/mol. The molecule has 2 nitrogen and oxygen atoms in total. The molecule has 0 radical (unpaired) electrons. The van der Waals surface area contributed by atoms with Gasteiger partial charge in [0.05, 0.1) is 0 Å². The van der Waals surface area contributed by atoms with Crippen LogP contribution < -0.4 is 0 Å². The molecule has 0 aliphatic rings. The molecule has 2 N–H and O–H groups in total. The predicted octanol–water partition coefficient (Wildman–Crippen LogP) is 5.65. The molecule has 0 aromatic rings. The molecule has 0 heterocycles. The van der Waals surface area contributed by atoms with Crippen molar-refractivity contribution in [3.05, 3.63) is 11.5 Å². The number of nitrogens with one attached hydrogen (secondary N) is 2. The van der Waals surface area contributed by atoms with E-state index in [1.54, 1.807) is 0 Å². The summed E-state index contributed by atoms with van der Waals surface area (Å²) in [6.45, 7) is 5.12. The van der Waals surface area contributed by atoms with Gasteiger partial charge in [0.1, 0.15) is 0 Å². The van der Waals surface area contributed by atoms with E-state index in [0.717, 1.165) is 12.8 Å². The number of hydrogen-bond donors (Lipinski definition) is 0. The zero-order valence-corrected chi connectivity index (χ0v) is 13.0. The molecule has 0 aromatic heterocycles. The molecule has 13 heavy (non-hydrogen) atoms. The van der Waals surface area contributed by atoms with E-state index in [2.05, 4.69) is 0 Å². The van der Waals surface area contributed by atoms with E-state index in [9.17, 15) is 0 Å². The van der Waals surface area contributed by atoms with Crippen molar-refractivity contribution in [1.29, 1.82) is 0 Å². The fourth-order valence-corrected chi connectivity index (χ4v) is 0. The van der Waals surface area contributed by atoms with Crippen molar-refractivity contribution in [3.63, 3.8) is 0 Å². The van der Waals surface area contributed by atoms with Crippen molar-refractivity contribution in [1.82, 2.24) is 0 Å². The van der Waals surface area contributed by atoms with Gasteiger partial charge in [-0.05, 0) is 0 Å². The monoisotopic (exact) mass is 451 g/mol. The average Bonchev–Trinajstić information content (AvgIpc) is 2.01. The van der Waals surface area contributed by atoms with Gasteiger partial charge in [-0.25, -0.2) is 0 Å². The molecule has 0 amide bonds. The van der Waals surface area contributed by atoms with E-state index in [-0.39, 0.29) is 0 Å². The Labute approximate surface area is 100 Å². The van der Waals surface area contributed by atoms with Gasteiger partial charge >= 0.3 is 49.6 Å². The first-order valence-electron chi connectivity index (χ1n) is 3.60. The molecular formula is C6H16Cl4N2Pt. The molecule has 88 valence electrons. The van der Waals surface area contributed by atoms with Crippen LogP contribution in [0, 0.1) is 0 Å². The van der Waals surface area contributed by atoms with Crippen molar-refractivity contribution in [2.75, 3.05) is 13.1 Å². The molecule has 7 heteroatoms. The summed E-state index contributed by atoms with van der Waals surface area (Å²) >= 11 is -3.06. The van der Waals surface area contributed by atoms with Gasteiger partial charge < -0.3 is 11.5 Å². The van der Waals surface area contributed by atoms with Crippen LogP contribution >= 0.6 is 37.7 Å². The second kappa shape index (κ2) is 16.2. The minimum atomic E-state index is -3.06. The summed E-state index contributed by atoms with van der Waals surface area (Å²) in [5.41, 5.74) is 12.9.